The minimum Gasteiger partial charge on any atom is -0.451 e. The molecule has 1 atom stereocenters. The van der Waals surface area contributed by atoms with Crippen LogP contribution in [-0.4, -0.2) is 12.1 Å². The Labute approximate surface area is 88.8 Å². The molecule has 0 bridgehead atoms. The molecule has 6 heteroatoms. The molecule has 2 nitrogen and oxygen atoms in total. The Morgan fingerprint density at radius 2 is 1.75 bits per heavy atom. The van der Waals surface area contributed by atoms with Gasteiger partial charge in [0.25, 0.3) is 0 Å². The van der Waals surface area contributed by atoms with Crippen molar-refractivity contribution >= 4 is 5.97 Å². The molecule has 0 aromatic heterocycles. The molecule has 0 aliphatic rings. The maximum Gasteiger partial charge on any atom is 0.490 e. The summed E-state index contributed by atoms with van der Waals surface area (Å²) in [5.41, 5.74) is 0.291. The first-order valence-corrected chi connectivity index (χ1v) is 4.34. The van der Waals surface area contributed by atoms with Crippen LogP contribution in [0.4, 0.5) is 17.6 Å². The molecule has 88 valence electrons. The van der Waals surface area contributed by atoms with Gasteiger partial charge in [-0.05, 0) is 24.6 Å². The van der Waals surface area contributed by atoms with E-state index in [1.165, 1.54) is 19.1 Å². The second kappa shape index (κ2) is 4.51. The molecule has 0 amide bonds. The molecule has 0 spiro atoms. The van der Waals surface area contributed by atoms with Gasteiger partial charge in [0.1, 0.15) is 11.9 Å². The summed E-state index contributed by atoms with van der Waals surface area (Å²) in [7, 11) is 0. The Kier molecular flexibility index (Phi) is 3.51. The van der Waals surface area contributed by atoms with E-state index in [2.05, 4.69) is 4.74 Å². The lowest BCUT2D eigenvalue weighted by Gasteiger charge is -2.14. The minimum absolute atomic E-state index is 0.291. The van der Waals surface area contributed by atoms with Crippen LogP contribution in [-0.2, 0) is 9.53 Å². The van der Waals surface area contributed by atoms with Gasteiger partial charge in [-0.1, -0.05) is 12.1 Å². The highest BCUT2D eigenvalue weighted by atomic mass is 19.4. The van der Waals surface area contributed by atoms with E-state index in [4.69, 9.17) is 0 Å². The topological polar surface area (TPSA) is 26.3 Å². The fourth-order valence-electron chi connectivity index (χ4n) is 1.03. The third-order valence-electron chi connectivity index (χ3n) is 1.85. The third-order valence-corrected chi connectivity index (χ3v) is 1.85. The molecule has 1 unspecified atom stereocenters. The predicted molar refractivity (Wildman–Crippen MR) is 47.0 cm³/mol. The fraction of sp³-hybridized carbons (Fsp3) is 0.300. The van der Waals surface area contributed by atoms with Crippen molar-refractivity contribution in [3.05, 3.63) is 35.6 Å². The molecule has 0 heterocycles. The monoisotopic (exact) mass is 236 g/mol. The smallest absolute Gasteiger partial charge is 0.451 e. The van der Waals surface area contributed by atoms with Crippen molar-refractivity contribution in [1.29, 1.82) is 0 Å². The molecule has 0 aliphatic heterocycles. The summed E-state index contributed by atoms with van der Waals surface area (Å²) in [6.07, 6.45) is -6.09. The van der Waals surface area contributed by atoms with E-state index < -0.39 is 24.1 Å². The fourth-order valence-corrected chi connectivity index (χ4v) is 1.03. The molecule has 1 rings (SSSR count). The lowest BCUT2D eigenvalue weighted by molar-refractivity contribution is -0.204. The van der Waals surface area contributed by atoms with Crippen LogP contribution in [0.5, 0.6) is 0 Å². The van der Waals surface area contributed by atoms with Gasteiger partial charge in [0.2, 0.25) is 0 Å². The summed E-state index contributed by atoms with van der Waals surface area (Å²) in [5.74, 6) is -2.78. The quantitative estimate of drug-likeness (QED) is 0.582. The van der Waals surface area contributed by atoms with E-state index >= 15 is 0 Å². The molecular weight excluding hydrogens is 228 g/mol. The van der Waals surface area contributed by atoms with Gasteiger partial charge in [0.15, 0.2) is 0 Å². The molecule has 0 radical (unpaired) electrons. The second-order valence-corrected chi connectivity index (χ2v) is 3.10. The van der Waals surface area contributed by atoms with Crippen molar-refractivity contribution in [2.75, 3.05) is 0 Å². The van der Waals surface area contributed by atoms with Gasteiger partial charge in [0.05, 0.1) is 0 Å². The van der Waals surface area contributed by atoms with Crippen LogP contribution in [0.15, 0.2) is 24.3 Å². The maximum atomic E-state index is 12.5. The van der Waals surface area contributed by atoms with E-state index in [1.807, 2.05) is 0 Å². The standard InChI is InChI=1S/C10H8F4O2/c1-6(16-9(15)10(12,13)14)7-2-4-8(11)5-3-7/h2-6H,1H3. The van der Waals surface area contributed by atoms with Crippen LogP contribution < -0.4 is 0 Å². The summed E-state index contributed by atoms with van der Waals surface area (Å²) in [5, 5.41) is 0. The van der Waals surface area contributed by atoms with Crippen molar-refractivity contribution in [1.82, 2.24) is 0 Å². The first-order valence-electron chi connectivity index (χ1n) is 4.34. The third kappa shape index (κ3) is 3.22. The number of halogens is 4. The van der Waals surface area contributed by atoms with Crippen LogP contribution in [0.2, 0.25) is 0 Å². The highest BCUT2D eigenvalue weighted by molar-refractivity contribution is 5.75. The average molecular weight is 236 g/mol. The molecular formula is C10H8F4O2. The van der Waals surface area contributed by atoms with Crippen molar-refractivity contribution < 1.29 is 27.1 Å². The SMILES string of the molecule is CC(OC(=O)C(F)(F)F)c1ccc(F)cc1. The van der Waals surface area contributed by atoms with Crippen LogP contribution in [0, 0.1) is 5.82 Å². The number of esters is 1. The lowest BCUT2D eigenvalue weighted by Crippen LogP contribution is -2.26. The summed E-state index contributed by atoms with van der Waals surface area (Å²) in [6.45, 7) is 1.27. The van der Waals surface area contributed by atoms with Gasteiger partial charge in [0, 0.05) is 0 Å². The average Bonchev–Trinajstić information content (AvgIpc) is 2.17. The van der Waals surface area contributed by atoms with Gasteiger partial charge in [-0.25, -0.2) is 9.18 Å². The highest BCUT2D eigenvalue weighted by Gasteiger charge is 2.41. The first-order chi connectivity index (χ1) is 7.30. The van der Waals surface area contributed by atoms with E-state index in [0.29, 0.717) is 5.56 Å². The van der Waals surface area contributed by atoms with Crippen molar-refractivity contribution in [3.8, 4) is 0 Å². The summed E-state index contributed by atoms with van der Waals surface area (Å²) < 4.78 is 52.2. The Hall–Kier alpha value is -1.59. The molecule has 1 aromatic carbocycles. The van der Waals surface area contributed by atoms with E-state index in [1.54, 1.807) is 0 Å². The molecule has 1 aromatic rings. The van der Waals surface area contributed by atoms with Crippen LogP contribution in [0.1, 0.15) is 18.6 Å². The maximum absolute atomic E-state index is 12.5. The van der Waals surface area contributed by atoms with Gasteiger partial charge in [-0.3, -0.25) is 0 Å². The molecule has 16 heavy (non-hydrogen) atoms. The number of carbonyl (C=O) groups excluding carboxylic acids is 1. The van der Waals surface area contributed by atoms with Crippen LogP contribution >= 0.6 is 0 Å². The zero-order chi connectivity index (χ0) is 12.3. The molecule has 0 saturated carbocycles. The first kappa shape index (κ1) is 12.5. The number of rotatable bonds is 2. The van der Waals surface area contributed by atoms with E-state index in [0.717, 1.165) is 12.1 Å². The van der Waals surface area contributed by atoms with Gasteiger partial charge < -0.3 is 4.74 Å². The van der Waals surface area contributed by atoms with Crippen molar-refractivity contribution in [2.24, 2.45) is 0 Å². The van der Waals surface area contributed by atoms with E-state index in [9.17, 15) is 22.4 Å². The Balaban J connectivity index is 2.69. The molecule has 0 fully saturated rings. The largest absolute Gasteiger partial charge is 0.490 e. The Morgan fingerprint density at radius 3 is 2.19 bits per heavy atom. The number of benzene rings is 1. The summed E-state index contributed by atoms with van der Waals surface area (Å²) in [6, 6.07) is 4.66. The predicted octanol–water partition coefficient (Wildman–Crippen LogP) is 2.99. The lowest BCUT2D eigenvalue weighted by atomic mass is 10.1. The number of hydrogen-bond acceptors (Lipinski definition) is 2. The number of hydrogen-bond donors (Lipinski definition) is 0. The van der Waals surface area contributed by atoms with Gasteiger partial charge >= 0.3 is 12.1 Å². The van der Waals surface area contributed by atoms with Crippen molar-refractivity contribution in [2.45, 2.75) is 19.2 Å². The Bertz CT molecular complexity index is 369. The zero-order valence-electron chi connectivity index (χ0n) is 8.22. The molecule has 0 N–H and O–H groups in total. The van der Waals surface area contributed by atoms with Gasteiger partial charge in [-0.15, -0.1) is 0 Å². The van der Waals surface area contributed by atoms with Crippen LogP contribution in [0.25, 0.3) is 0 Å². The summed E-state index contributed by atoms with van der Waals surface area (Å²) >= 11 is 0. The number of alkyl halides is 3. The second-order valence-electron chi connectivity index (χ2n) is 3.10. The molecule has 0 saturated heterocycles. The van der Waals surface area contributed by atoms with E-state index in [-0.39, 0.29) is 0 Å². The molecule has 0 aliphatic carbocycles. The van der Waals surface area contributed by atoms with Crippen molar-refractivity contribution in [3.63, 3.8) is 0 Å². The summed E-state index contributed by atoms with van der Waals surface area (Å²) in [4.78, 5) is 10.5. The van der Waals surface area contributed by atoms with Crippen LogP contribution in [0.3, 0.4) is 0 Å². The van der Waals surface area contributed by atoms with Gasteiger partial charge in [-0.2, -0.15) is 13.2 Å². The normalized spacial score (nSPS) is 13.3. The minimum atomic E-state index is -5.02. The number of carbonyl (C=O) groups is 1. The Morgan fingerprint density at radius 1 is 1.25 bits per heavy atom. The highest BCUT2D eigenvalue weighted by Crippen LogP contribution is 2.23. The zero-order valence-corrected chi connectivity index (χ0v) is 8.22. The number of ether oxygens (including phenoxy) is 1.